The summed E-state index contributed by atoms with van der Waals surface area (Å²) >= 11 is 0. The number of aromatic amines is 1. The highest BCUT2D eigenvalue weighted by atomic mass is 15.3. The fraction of sp³-hybridized carbons (Fsp3) is 0.333. The van der Waals surface area contributed by atoms with Gasteiger partial charge in [0.05, 0.1) is 6.04 Å². The van der Waals surface area contributed by atoms with Crippen molar-refractivity contribution in [2.45, 2.75) is 13.0 Å². The first-order chi connectivity index (χ1) is 5.22. The van der Waals surface area contributed by atoms with E-state index in [-0.39, 0.29) is 12.0 Å². The smallest absolute Gasteiger partial charge is 0.244 e. The molecule has 1 unspecified atom stereocenters. The Kier molecular flexibility index (Phi) is 1.97. The number of nitrogen functional groups attached to an aromatic ring is 1. The molecule has 1 atom stereocenters. The molecule has 5 heteroatoms. The minimum atomic E-state index is -0.0924. The van der Waals surface area contributed by atoms with Gasteiger partial charge < -0.3 is 11.1 Å². The van der Waals surface area contributed by atoms with Gasteiger partial charge in [-0.15, -0.1) is 11.5 Å². The molecule has 11 heavy (non-hydrogen) atoms. The van der Waals surface area contributed by atoms with Crippen LogP contribution in [0.1, 0.15) is 6.92 Å². The highest BCUT2D eigenvalue weighted by Gasteiger charge is 2.01. The third-order valence-electron chi connectivity index (χ3n) is 1.10. The largest absolute Gasteiger partial charge is 0.368 e. The van der Waals surface area contributed by atoms with E-state index in [9.17, 15) is 0 Å². The number of rotatable bonds is 2. The van der Waals surface area contributed by atoms with Crippen LogP contribution in [-0.2, 0) is 0 Å². The number of terminal acetylenes is 1. The molecule has 0 fully saturated rings. The number of hydrogen-bond donors (Lipinski definition) is 3. The van der Waals surface area contributed by atoms with E-state index in [0.717, 1.165) is 0 Å². The van der Waals surface area contributed by atoms with Crippen molar-refractivity contribution in [1.82, 2.24) is 15.2 Å². The Hall–Kier alpha value is -1.70. The number of anilines is 2. The van der Waals surface area contributed by atoms with Crippen LogP contribution in [0.3, 0.4) is 0 Å². The van der Waals surface area contributed by atoms with Crippen LogP contribution in [0.5, 0.6) is 0 Å². The molecule has 0 amide bonds. The second kappa shape index (κ2) is 2.92. The maximum atomic E-state index is 5.27. The van der Waals surface area contributed by atoms with Crippen molar-refractivity contribution in [3.05, 3.63) is 0 Å². The van der Waals surface area contributed by atoms with E-state index in [4.69, 9.17) is 12.2 Å². The lowest BCUT2D eigenvalue weighted by molar-refractivity contribution is 0.984. The summed E-state index contributed by atoms with van der Waals surface area (Å²) in [5, 5.41) is 9.06. The molecule has 0 aliphatic rings. The van der Waals surface area contributed by atoms with E-state index in [0.29, 0.717) is 5.95 Å². The summed E-state index contributed by atoms with van der Waals surface area (Å²) in [5.41, 5.74) is 5.27. The van der Waals surface area contributed by atoms with Crippen molar-refractivity contribution < 1.29 is 0 Å². The van der Waals surface area contributed by atoms with Crippen molar-refractivity contribution >= 4 is 11.9 Å². The van der Waals surface area contributed by atoms with Gasteiger partial charge in [0.25, 0.3) is 0 Å². The predicted octanol–water partition coefficient (Wildman–Crippen LogP) is -0.180. The molecule has 1 rings (SSSR count). The van der Waals surface area contributed by atoms with Gasteiger partial charge in [0.1, 0.15) is 0 Å². The Labute approximate surface area is 64.4 Å². The first-order valence-electron chi connectivity index (χ1n) is 3.13. The Bertz CT molecular complexity index is 271. The summed E-state index contributed by atoms with van der Waals surface area (Å²) in [7, 11) is 0. The maximum absolute atomic E-state index is 5.27. The van der Waals surface area contributed by atoms with E-state index >= 15 is 0 Å². The van der Waals surface area contributed by atoms with Crippen molar-refractivity contribution in [2.24, 2.45) is 0 Å². The summed E-state index contributed by atoms with van der Waals surface area (Å²) in [6.07, 6.45) is 5.12. The van der Waals surface area contributed by atoms with Crippen LogP contribution in [0, 0.1) is 12.3 Å². The number of nitrogens with zero attached hydrogens (tertiary/aromatic N) is 2. The van der Waals surface area contributed by atoms with Crippen molar-refractivity contribution in [2.75, 3.05) is 11.1 Å². The lowest BCUT2D eigenvalue weighted by Crippen LogP contribution is -2.13. The highest BCUT2D eigenvalue weighted by molar-refractivity contribution is 5.32. The van der Waals surface area contributed by atoms with E-state index < -0.39 is 0 Å². The lowest BCUT2D eigenvalue weighted by Gasteiger charge is -2.01. The summed E-state index contributed by atoms with van der Waals surface area (Å²) in [4.78, 5) is 3.80. The van der Waals surface area contributed by atoms with Gasteiger partial charge >= 0.3 is 0 Å². The van der Waals surface area contributed by atoms with Gasteiger partial charge in [-0.2, -0.15) is 4.98 Å². The van der Waals surface area contributed by atoms with Gasteiger partial charge in [-0.05, 0) is 6.92 Å². The lowest BCUT2D eigenvalue weighted by atomic mass is 10.4. The molecule has 4 N–H and O–H groups in total. The quantitative estimate of drug-likeness (QED) is 0.512. The second-order valence-corrected chi connectivity index (χ2v) is 2.08. The average molecular weight is 151 g/mol. The Balaban J connectivity index is 2.59. The molecule has 0 aromatic carbocycles. The summed E-state index contributed by atoms with van der Waals surface area (Å²) in [6.45, 7) is 1.83. The van der Waals surface area contributed by atoms with Gasteiger partial charge in [0.15, 0.2) is 0 Å². The standard InChI is InChI=1S/C6H9N5/c1-3-4(2)8-6-9-5(7)10-11-6/h1,4H,2H3,(H4,7,8,9,10,11). The second-order valence-electron chi connectivity index (χ2n) is 2.08. The fourth-order valence-electron chi connectivity index (χ4n) is 0.574. The fourth-order valence-corrected chi connectivity index (χ4v) is 0.574. The van der Waals surface area contributed by atoms with Crippen LogP contribution < -0.4 is 11.1 Å². The van der Waals surface area contributed by atoms with E-state index in [2.05, 4.69) is 26.4 Å². The summed E-state index contributed by atoms with van der Waals surface area (Å²) < 4.78 is 0. The van der Waals surface area contributed by atoms with E-state index in [1.807, 2.05) is 6.92 Å². The zero-order valence-corrected chi connectivity index (χ0v) is 6.13. The minimum absolute atomic E-state index is 0.0924. The molecule has 0 aliphatic heterocycles. The first kappa shape index (κ1) is 7.41. The number of nitrogens with two attached hydrogens (primary N) is 1. The van der Waals surface area contributed by atoms with Gasteiger partial charge in [0.2, 0.25) is 11.9 Å². The molecule has 0 aliphatic carbocycles. The molecule has 5 nitrogen and oxygen atoms in total. The zero-order chi connectivity index (χ0) is 8.27. The Morgan fingerprint density at radius 1 is 1.82 bits per heavy atom. The van der Waals surface area contributed by atoms with E-state index in [1.54, 1.807) is 0 Å². The topological polar surface area (TPSA) is 79.6 Å². The zero-order valence-electron chi connectivity index (χ0n) is 6.13. The third kappa shape index (κ3) is 1.86. The normalized spacial score (nSPS) is 12.0. The van der Waals surface area contributed by atoms with Gasteiger partial charge in [0, 0.05) is 0 Å². The molecule has 1 heterocycles. The molecule has 58 valence electrons. The van der Waals surface area contributed by atoms with Crippen molar-refractivity contribution in [3.63, 3.8) is 0 Å². The number of nitrogens with one attached hydrogen (secondary N) is 2. The molecular formula is C6H9N5. The van der Waals surface area contributed by atoms with Gasteiger partial charge in [-0.25, -0.2) is 5.10 Å². The average Bonchev–Trinajstić information content (AvgIpc) is 2.35. The predicted molar refractivity (Wildman–Crippen MR) is 42.7 cm³/mol. The number of hydrogen-bond acceptors (Lipinski definition) is 4. The summed E-state index contributed by atoms with van der Waals surface area (Å²) in [5.74, 6) is 3.18. The summed E-state index contributed by atoms with van der Waals surface area (Å²) in [6, 6.07) is -0.0924. The van der Waals surface area contributed by atoms with Crippen molar-refractivity contribution in [3.8, 4) is 12.3 Å². The van der Waals surface area contributed by atoms with Crippen LogP contribution in [0.4, 0.5) is 11.9 Å². The highest BCUT2D eigenvalue weighted by Crippen LogP contribution is 1.99. The van der Waals surface area contributed by atoms with Crippen LogP contribution >= 0.6 is 0 Å². The first-order valence-corrected chi connectivity index (χ1v) is 3.13. The molecule has 0 saturated heterocycles. The molecule has 1 aromatic rings. The van der Waals surface area contributed by atoms with Crippen LogP contribution in [0.15, 0.2) is 0 Å². The number of H-pyrrole nitrogens is 1. The Morgan fingerprint density at radius 2 is 2.55 bits per heavy atom. The van der Waals surface area contributed by atoms with Crippen LogP contribution in [0.2, 0.25) is 0 Å². The van der Waals surface area contributed by atoms with Gasteiger partial charge in [-0.3, -0.25) is 0 Å². The molecule has 0 saturated carbocycles. The van der Waals surface area contributed by atoms with Gasteiger partial charge in [-0.1, -0.05) is 5.92 Å². The minimum Gasteiger partial charge on any atom is -0.368 e. The van der Waals surface area contributed by atoms with Crippen LogP contribution in [-0.4, -0.2) is 21.2 Å². The maximum Gasteiger partial charge on any atom is 0.244 e. The third-order valence-corrected chi connectivity index (χ3v) is 1.10. The Morgan fingerprint density at radius 3 is 3.00 bits per heavy atom. The molecule has 1 aromatic heterocycles. The van der Waals surface area contributed by atoms with Crippen LogP contribution in [0.25, 0.3) is 0 Å². The molecule has 0 spiro atoms. The number of aromatic nitrogens is 3. The molecule has 0 bridgehead atoms. The molecular weight excluding hydrogens is 142 g/mol. The molecule has 0 radical (unpaired) electrons. The monoisotopic (exact) mass is 151 g/mol. The van der Waals surface area contributed by atoms with E-state index in [1.165, 1.54) is 0 Å². The van der Waals surface area contributed by atoms with Crippen molar-refractivity contribution in [1.29, 1.82) is 0 Å². The SMILES string of the molecule is C#CC(C)Nc1n[nH]c(N)n1.